The van der Waals surface area contributed by atoms with Crippen molar-refractivity contribution in [3.8, 4) is 0 Å². The number of nitrogens with one attached hydrogen (secondary N) is 2. The van der Waals surface area contributed by atoms with Gasteiger partial charge in [0.25, 0.3) is 5.91 Å². The lowest BCUT2D eigenvalue weighted by atomic mass is 10.2. The molecule has 108 valence electrons. The number of rotatable bonds is 6. The lowest BCUT2D eigenvalue weighted by Gasteiger charge is -2.10. The molecule has 1 unspecified atom stereocenters. The first-order valence-electron chi connectivity index (χ1n) is 6.39. The van der Waals surface area contributed by atoms with Gasteiger partial charge in [-0.15, -0.1) is 11.3 Å². The second-order valence-corrected chi connectivity index (χ2v) is 5.98. The quantitative estimate of drug-likeness (QED) is 0.744. The van der Waals surface area contributed by atoms with Crippen LogP contribution in [0.15, 0.2) is 12.1 Å². The Hall–Kier alpha value is -1.89. The predicted octanol–water partition coefficient (Wildman–Crippen LogP) is 1.69. The van der Waals surface area contributed by atoms with Gasteiger partial charge in [0.15, 0.2) is 0 Å². The maximum atomic E-state index is 11.9. The molecule has 1 aliphatic rings. The number of thiophene rings is 1. The number of carbonyl (C=O) groups excluding carboxylic acids is 2. The highest BCUT2D eigenvalue weighted by Gasteiger charge is 2.29. The molecule has 1 aliphatic carbocycles. The molecule has 1 saturated carbocycles. The van der Waals surface area contributed by atoms with Gasteiger partial charge in [0.05, 0.1) is 16.3 Å². The van der Waals surface area contributed by atoms with E-state index in [1.165, 1.54) is 11.3 Å². The number of carboxylic acids is 1. The van der Waals surface area contributed by atoms with Crippen molar-refractivity contribution in [2.75, 3.05) is 5.32 Å². The minimum atomic E-state index is -0.957. The van der Waals surface area contributed by atoms with Crippen LogP contribution in [0.2, 0.25) is 0 Å². The largest absolute Gasteiger partial charge is 0.481 e. The van der Waals surface area contributed by atoms with Crippen LogP contribution in [0.25, 0.3) is 0 Å². The molecule has 1 heterocycles. The molecule has 6 nitrogen and oxygen atoms in total. The molecule has 0 radical (unpaired) electrons. The smallest absolute Gasteiger partial charge is 0.305 e. The van der Waals surface area contributed by atoms with Gasteiger partial charge in [-0.3, -0.25) is 14.4 Å². The molecule has 20 heavy (non-hydrogen) atoms. The minimum Gasteiger partial charge on any atom is -0.481 e. The monoisotopic (exact) mass is 296 g/mol. The molecule has 7 heteroatoms. The maximum absolute atomic E-state index is 11.9. The van der Waals surface area contributed by atoms with Gasteiger partial charge < -0.3 is 15.7 Å². The standard InChI is InChI=1S/C13H16N2O4S/c1-7(6-11(16)17)14-13(19)9-4-5-10(20-9)15-12(18)8-2-3-8/h4-5,7-8H,2-3,6H2,1H3,(H,14,19)(H,15,18)(H,16,17). The van der Waals surface area contributed by atoms with E-state index in [2.05, 4.69) is 10.6 Å². The fraction of sp³-hybridized carbons (Fsp3) is 0.462. The Morgan fingerprint density at radius 3 is 2.70 bits per heavy atom. The second-order valence-electron chi connectivity index (χ2n) is 4.90. The van der Waals surface area contributed by atoms with Crippen LogP contribution in [0.1, 0.15) is 35.9 Å². The van der Waals surface area contributed by atoms with Crippen LogP contribution in [0.4, 0.5) is 5.00 Å². The zero-order valence-corrected chi connectivity index (χ0v) is 11.8. The summed E-state index contributed by atoms with van der Waals surface area (Å²) in [5.74, 6) is -1.17. The van der Waals surface area contributed by atoms with Gasteiger partial charge in [-0.05, 0) is 31.9 Å². The summed E-state index contributed by atoms with van der Waals surface area (Å²) in [5, 5.41) is 14.6. The Labute approximate surface area is 120 Å². The highest BCUT2D eigenvalue weighted by Crippen LogP contribution is 2.31. The van der Waals surface area contributed by atoms with Crippen molar-refractivity contribution in [2.45, 2.75) is 32.2 Å². The third-order valence-electron chi connectivity index (χ3n) is 2.88. The summed E-state index contributed by atoms with van der Waals surface area (Å²) in [5.41, 5.74) is 0. The van der Waals surface area contributed by atoms with Gasteiger partial charge in [0.1, 0.15) is 0 Å². The molecule has 1 fully saturated rings. The topological polar surface area (TPSA) is 95.5 Å². The zero-order chi connectivity index (χ0) is 14.7. The normalized spacial score (nSPS) is 15.4. The van der Waals surface area contributed by atoms with Crippen LogP contribution in [-0.4, -0.2) is 28.9 Å². The van der Waals surface area contributed by atoms with Crippen molar-refractivity contribution in [1.82, 2.24) is 5.32 Å². The number of hydrogen-bond acceptors (Lipinski definition) is 4. The van der Waals surface area contributed by atoms with Crippen LogP contribution >= 0.6 is 11.3 Å². The van der Waals surface area contributed by atoms with Crippen LogP contribution in [0, 0.1) is 5.92 Å². The molecule has 0 spiro atoms. The number of aliphatic carboxylic acids is 1. The molecule has 2 amide bonds. The third kappa shape index (κ3) is 4.06. The van der Waals surface area contributed by atoms with Gasteiger partial charge in [0.2, 0.25) is 5.91 Å². The van der Waals surface area contributed by atoms with Crippen LogP contribution < -0.4 is 10.6 Å². The fourth-order valence-electron chi connectivity index (χ4n) is 1.70. The molecule has 2 rings (SSSR count). The summed E-state index contributed by atoms with van der Waals surface area (Å²) in [4.78, 5) is 34.4. The number of amides is 2. The van der Waals surface area contributed by atoms with Crippen LogP contribution in [0.3, 0.4) is 0 Å². The van der Waals surface area contributed by atoms with Crippen molar-refractivity contribution in [2.24, 2.45) is 5.92 Å². The minimum absolute atomic E-state index is 0.00180. The Bertz CT molecular complexity index is 536. The van der Waals surface area contributed by atoms with Crippen molar-refractivity contribution in [1.29, 1.82) is 0 Å². The molecule has 1 atom stereocenters. The van der Waals surface area contributed by atoms with E-state index in [-0.39, 0.29) is 24.2 Å². The number of carboxylic acid groups (broad SMARTS) is 1. The SMILES string of the molecule is CC(CC(=O)O)NC(=O)c1ccc(NC(=O)C2CC2)s1. The Balaban J connectivity index is 1.88. The van der Waals surface area contributed by atoms with Crippen LogP contribution in [-0.2, 0) is 9.59 Å². The van der Waals surface area contributed by atoms with Gasteiger partial charge in [-0.1, -0.05) is 0 Å². The Kier molecular flexibility index (Phi) is 4.39. The number of carbonyl (C=O) groups is 3. The first kappa shape index (κ1) is 14.5. The Morgan fingerprint density at radius 2 is 2.10 bits per heavy atom. The van der Waals surface area contributed by atoms with Crippen molar-refractivity contribution in [3.05, 3.63) is 17.0 Å². The number of hydrogen-bond donors (Lipinski definition) is 3. The molecule has 0 aromatic carbocycles. The summed E-state index contributed by atoms with van der Waals surface area (Å²) >= 11 is 1.18. The summed E-state index contributed by atoms with van der Waals surface area (Å²) in [6, 6.07) is 2.86. The molecule has 1 aromatic heterocycles. The second kappa shape index (κ2) is 6.04. The van der Waals surface area contributed by atoms with E-state index in [0.29, 0.717) is 9.88 Å². The average molecular weight is 296 g/mol. The van der Waals surface area contributed by atoms with E-state index in [9.17, 15) is 14.4 Å². The molecule has 0 aliphatic heterocycles. The summed E-state index contributed by atoms with van der Waals surface area (Å²) in [6.45, 7) is 1.63. The average Bonchev–Trinajstić information content (AvgIpc) is 3.09. The molecule has 1 aromatic rings. The first-order valence-corrected chi connectivity index (χ1v) is 7.20. The van der Waals surface area contributed by atoms with Gasteiger partial charge in [-0.25, -0.2) is 0 Å². The molecule has 0 saturated heterocycles. The van der Waals surface area contributed by atoms with Crippen molar-refractivity contribution < 1.29 is 19.5 Å². The zero-order valence-electron chi connectivity index (χ0n) is 11.0. The fourth-order valence-corrected chi connectivity index (χ4v) is 2.52. The van der Waals surface area contributed by atoms with Crippen molar-refractivity contribution >= 4 is 34.1 Å². The van der Waals surface area contributed by atoms with Gasteiger partial charge in [-0.2, -0.15) is 0 Å². The lowest BCUT2D eigenvalue weighted by molar-refractivity contribution is -0.137. The molecule has 0 bridgehead atoms. The van der Waals surface area contributed by atoms with Crippen molar-refractivity contribution in [3.63, 3.8) is 0 Å². The predicted molar refractivity (Wildman–Crippen MR) is 74.9 cm³/mol. The summed E-state index contributed by atoms with van der Waals surface area (Å²) in [7, 11) is 0. The van der Waals surface area contributed by atoms with E-state index >= 15 is 0 Å². The molecular weight excluding hydrogens is 280 g/mol. The third-order valence-corrected chi connectivity index (χ3v) is 3.88. The Morgan fingerprint density at radius 1 is 1.40 bits per heavy atom. The molecule has 3 N–H and O–H groups in total. The van der Waals surface area contributed by atoms with E-state index in [0.717, 1.165) is 12.8 Å². The van der Waals surface area contributed by atoms with E-state index < -0.39 is 12.0 Å². The van der Waals surface area contributed by atoms with Gasteiger partial charge >= 0.3 is 5.97 Å². The maximum Gasteiger partial charge on any atom is 0.305 e. The van der Waals surface area contributed by atoms with Gasteiger partial charge in [0, 0.05) is 12.0 Å². The summed E-state index contributed by atoms with van der Waals surface area (Å²) < 4.78 is 0. The van der Waals surface area contributed by atoms with Crippen LogP contribution in [0.5, 0.6) is 0 Å². The number of anilines is 1. The summed E-state index contributed by atoms with van der Waals surface area (Å²) in [6.07, 6.45) is 1.73. The lowest BCUT2D eigenvalue weighted by Crippen LogP contribution is -2.33. The van der Waals surface area contributed by atoms with E-state index in [1.807, 2.05) is 0 Å². The van der Waals surface area contributed by atoms with E-state index in [1.54, 1.807) is 19.1 Å². The highest BCUT2D eigenvalue weighted by molar-refractivity contribution is 7.18. The molecular formula is C13H16N2O4S. The van der Waals surface area contributed by atoms with E-state index in [4.69, 9.17) is 5.11 Å². The first-order chi connectivity index (χ1) is 9.45. The highest BCUT2D eigenvalue weighted by atomic mass is 32.1.